The standard InChI is InChI=1S/C16H23N5O2S/c1-17-16-13(8-9-18-16)15-14(19-20-21(15)2)12-6-4-11(5-7-12)10-24(3,22)23/h8-9,11-12,18H,1,4-7,10H2,2-3H3/t11-,12-. The third kappa shape index (κ3) is 3.43. The molecule has 130 valence electrons. The van der Waals surface area contributed by atoms with E-state index >= 15 is 0 Å². The minimum atomic E-state index is -2.91. The Kier molecular flexibility index (Phi) is 4.58. The topological polar surface area (TPSA) is 93.0 Å². The molecule has 0 saturated heterocycles. The van der Waals surface area contributed by atoms with E-state index in [1.165, 1.54) is 6.26 Å². The van der Waals surface area contributed by atoms with Crippen LogP contribution in [0.5, 0.6) is 0 Å². The van der Waals surface area contributed by atoms with Crippen molar-refractivity contribution in [3.8, 4) is 11.3 Å². The zero-order valence-corrected chi connectivity index (χ0v) is 14.9. The number of H-pyrrole nitrogens is 1. The molecule has 2 aromatic rings. The number of rotatable bonds is 5. The van der Waals surface area contributed by atoms with Gasteiger partial charge in [0.1, 0.15) is 15.7 Å². The number of nitrogens with zero attached hydrogens (tertiary/aromatic N) is 4. The second-order valence-corrected chi connectivity index (χ2v) is 8.84. The number of aryl methyl sites for hydroxylation is 1. The fourth-order valence-corrected chi connectivity index (χ4v) is 4.86. The van der Waals surface area contributed by atoms with Gasteiger partial charge in [-0.1, -0.05) is 5.21 Å². The van der Waals surface area contributed by atoms with Crippen LogP contribution in [0.15, 0.2) is 17.3 Å². The molecule has 0 atom stereocenters. The molecule has 0 radical (unpaired) electrons. The summed E-state index contributed by atoms with van der Waals surface area (Å²) in [5, 5.41) is 8.59. The molecule has 0 spiro atoms. The summed E-state index contributed by atoms with van der Waals surface area (Å²) in [5.41, 5.74) is 2.88. The van der Waals surface area contributed by atoms with Crippen molar-refractivity contribution in [2.45, 2.75) is 31.6 Å². The number of aromatic amines is 1. The number of nitrogens with one attached hydrogen (secondary N) is 1. The quantitative estimate of drug-likeness (QED) is 0.839. The molecule has 1 aliphatic rings. The first-order valence-corrected chi connectivity index (χ1v) is 10.2. The molecular weight excluding hydrogens is 326 g/mol. The molecule has 0 bridgehead atoms. The molecule has 1 fully saturated rings. The highest BCUT2D eigenvalue weighted by atomic mass is 32.2. The average Bonchev–Trinajstić information content (AvgIpc) is 3.12. The lowest BCUT2D eigenvalue weighted by Gasteiger charge is -2.27. The van der Waals surface area contributed by atoms with Crippen molar-refractivity contribution in [3.63, 3.8) is 0 Å². The van der Waals surface area contributed by atoms with Crippen molar-refractivity contribution < 1.29 is 8.42 Å². The first-order chi connectivity index (χ1) is 11.4. The van der Waals surface area contributed by atoms with Crippen molar-refractivity contribution in [1.29, 1.82) is 0 Å². The van der Waals surface area contributed by atoms with E-state index in [9.17, 15) is 8.42 Å². The first kappa shape index (κ1) is 16.9. The molecule has 0 unspecified atom stereocenters. The maximum atomic E-state index is 11.5. The molecule has 1 aliphatic carbocycles. The largest absolute Gasteiger partial charge is 0.346 e. The molecule has 0 aliphatic heterocycles. The number of hydrogen-bond donors (Lipinski definition) is 1. The minimum absolute atomic E-state index is 0.258. The van der Waals surface area contributed by atoms with E-state index in [0.29, 0.717) is 11.7 Å². The molecule has 7 nitrogen and oxygen atoms in total. The van der Waals surface area contributed by atoms with E-state index in [1.807, 2.05) is 19.3 Å². The van der Waals surface area contributed by atoms with Crippen LogP contribution in [0.1, 0.15) is 37.3 Å². The van der Waals surface area contributed by atoms with E-state index in [0.717, 1.165) is 42.6 Å². The van der Waals surface area contributed by atoms with Gasteiger partial charge in [0.05, 0.1) is 17.1 Å². The van der Waals surface area contributed by atoms with Crippen LogP contribution in [0.4, 0.5) is 5.82 Å². The summed E-state index contributed by atoms with van der Waals surface area (Å²) in [6.45, 7) is 3.60. The van der Waals surface area contributed by atoms with Gasteiger partial charge in [-0.05, 0) is 44.4 Å². The number of aliphatic imine (C=N–C) groups is 1. The summed E-state index contributed by atoms with van der Waals surface area (Å²) >= 11 is 0. The van der Waals surface area contributed by atoms with Gasteiger partial charge in [0.15, 0.2) is 0 Å². The summed E-state index contributed by atoms with van der Waals surface area (Å²) < 4.78 is 24.8. The number of sulfone groups is 1. The molecule has 8 heteroatoms. The van der Waals surface area contributed by atoms with Crippen LogP contribution in [-0.2, 0) is 16.9 Å². The first-order valence-electron chi connectivity index (χ1n) is 8.11. The maximum absolute atomic E-state index is 11.5. The lowest BCUT2D eigenvalue weighted by molar-refractivity contribution is 0.345. The summed E-state index contributed by atoms with van der Waals surface area (Å²) in [6.07, 6.45) is 6.84. The van der Waals surface area contributed by atoms with E-state index in [2.05, 4.69) is 27.0 Å². The van der Waals surface area contributed by atoms with Gasteiger partial charge in [-0.15, -0.1) is 5.10 Å². The highest BCUT2D eigenvalue weighted by Gasteiger charge is 2.29. The van der Waals surface area contributed by atoms with Gasteiger partial charge in [0, 0.05) is 31.0 Å². The minimum Gasteiger partial charge on any atom is -0.346 e. The molecule has 3 rings (SSSR count). The Hall–Kier alpha value is -1.96. The highest BCUT2D eigenvalue weighted by molar-refractivity contribution is 7.90. The second kappa shape index (κ2) is 6.51. The van der Waals surface area contributed by atoms with Gasteiger partial charge >= 0.3 is 0 Å². The molecule has 0 aromatic carbocycles. The van der Waals surface area contributed by atoms with E-state index < -0.39 is 9.84 Å². The monoisotopic (exact) mass is 349 g/mol. The molecule has 1 saturated carbocycles. The Bertz CT molecular complexity index is 829. The maximum Gasteiger partial charge on any atom is 0.147 e. The Morgan fingerprint density at radius 3 is 2.71 bits per heavy atom. The van der Waals surface area contributed by atoms with Crippen molar-refractivity contribution in [3.05, 3.63) is 18.0 Å². The Balaban J connectivity index is 1.81. The molecule has 2 heterocycles. The Labute approximate surface area is 142 Å². The van der Waals surface area contributed by atoms with Crippen LogP contribution < -0.4 is 0 Å². The van der Waals surface area contributed by atoms with Crippen LogP contribution in [0.3, 0.4) is 0 Å². The fraction of sp³-hybridized carbons (Fsp3) is 0.562. The van der Waals surface area contributed by atoms with E-state index in [4.69, 9.17) is 0 Å². The van der Waals surface area contributed by atoms with Gasteiger partial charge in [-0.25, -0.2) is 18.1 Å². The van der Waals surface area contributed by atoms with Crippen molar-refractivity contribution in [2.75, 3.05) is 12.0 Å². The van der Waals surface area contributed by atoms with Crippen LogP contribution in [0.2, 0.25) is 0 Å². The summed E-state index contributed by atoms with van der Waals surface area (Å²) in [4.78, 5) is 7.09. The van der Waals surface area contributed by atoms with Gasteiger partial charge in [-0.2, -0.15) is 0 Å². The summed E-state index contributed by atoms with van der Waals surface area (Å²) in [7, 11) is -1.03. The zero-order valence-electron chi connectivity index (χ0n) is 14.1. The third-order valence-electron chi connectivity index (χ3n) is 4.76. The van der Waals surface area contributed by atoms with Crippen molar-refractivity contribution in [2.24, 2.45) is 18.0 Å². The lowest BCUT2D eigenvalue weighted by Crippen LogP contribution is -2.21. The molecule has 24 heavy (non-hydrogen) atoms. The van der Waals surface area contributed by atoms with Gasteiger partial charge in [-0.3, -0.25) is 0 Å². The van der Waals surface area contributed by atoms with Crippen LogP contribution in [0, 0.1) is 5.92 Å². The van der Waals surface area contributed by atoms with Crippen LogP contribution in [0.25, 0.3) is 11.3 Å². The summed E-state index contributed by atoms with van der Waals surface area (Å²) in [6, 6.07) is 1.96. The van der Waals surface area contributed by atoms with Gasteiger partial charge in [0.25, 0.3) is 0 Å². The van der Waals surface area contributed by atoms with Crippen LogP contribution in [-0.4, -0.2) is 47.1 Å². The van der Waals surface area contributed by atoms with E-state index in [-0.39, 0.29) is 11.7 Å². The number of aromatic nitrogens is 4. The molecule has 0 amide bonds. The Morgan fingerprint density at radius 2 is 2.08 bits per heavy atom. The average molecular weight is 349 g/mol. The predicted octanol–water partition coefficient (Wildman–Crippen LogP) is 2.46. The molecule has 1 N–H and O–H groups in total. The molecular formula is C16H23N5O2S. The third-order valence-corrected chi connectivity index (χ3v) is 5.84. The summed E-state index contributed by atoms with van der Waals surface area (Å²) in [5.74, 6) is 1.56. The Morgan fingerprint density at radius 1 is 1.38 bits per heavy atom. The van der Waals surface area contributed by atoms with Crippen molar-refractivity contribution in [1.82, 2.24) is 20.0 Å². The fourth-order valence-electron chi connectivity index (χ4n) is 3.67. The normalized spacial score (nSPS) is 21.8. The van der Waals surface area contributed by atoms with Gasteiger partial charge in [0.2, 0.25) is 0 Å². The molecule has 2 aromatic heterocycles. The number of hydrogen-bond acceptors (Lipinski definition) is 5. The zero-order chi connectivity index (χ0) is 17.3. The van der Waals surface area contributed by atoms with Crippen molar-refractivity contribution >= 4 is 22.4 Å². The van der Waals surface area contributed by atoms with E-state index in [1.54, 1.807) is 4.68 Å². The SMILES string of the molecule is C=Nc1[nH]ccc1-c1c([C@H]2CC[C@H](CS(C)(=O)=O)CC2)nnn1C. The smallest absolute Gasteiger partial charge is 0.147 e. The highest BCUT2D eigenvalue weighted by Crippen LogP contribution is 2.40. The predicted molar refractivity (Wildman–Crippen MR) is 94.4 cm³/mol. The lowest BCUT2D eigenvalue weighted by atomic mass is 9.80. The van der Waals surface area contributed by atoms with Crippen LogP contribution >= 0.6 is 0 Å². The van der Waals surface area contributed by atoms with Gasteiger partial charge < -0.3 is 4.98 Å². The second-order valence-electron chi connectivity index (χ2n) is 6.66.